The molecule has 2 heterocycles. The van der Waals surface area contributed by atoms with Crippen LogP contribution in [0.15, 0.2) is 73.2 Å². The Balaban J connectivity index is 1.53. The van der Waals surface area contributed by atoms with Gasteiger partial charge in [0.05, 0.1) is 7.11 Å². The van der Waals surface area contributed by atoms with Crippen LogP contribution in [0.4, 0.5) is 5.82 Å². The first kappa shape index (κ1) is 19.7. The molecule has 3 aromatic rings. The monoisotopic (exact) mass is 377 g/mol. The second kappa shape index (κ2) is 9.74. The average Bonchev–Trinajstić information content (AvgIpc) is 3.27. The number of esters is 1. The molecule has 0 aliphatic carbocycles. The molecule has 146 valence electrons. The highest BCUT2D eigenvalue weighted by atomic mass is 16.5. The van der Waals surface area contributed by atoms with E-state index in [2.05, 4.69) is 41.2 Å². The first-order valence-electron chi connectivity index (χ1n) is 9.57. The van der Waals surface area contributed by atoms with Gasteiger partial charge in [-0.15, -0.1) is 0 Å². The third kappa shape index (κ3) is 5.22. The molecular formula is C23H27N3O2. The van der Waals surface area contributed by atoms with Crippen LogP contribution in [0.1, 0.15) is 23.6 Å². The summed E-state index contributed by atoms with van der Waals surface area (Å²) in [5, 5.41) is 0. The molecule has 5 heteroatoms. The topological polar surface area (TPSA) is 47.4 Å². The van der Waals surface area contributed by atoms with Crippen molar-refractivity contribution in [2.75, 3.05) is 25.6 Å². The average molecular weight is 377 g/mol. The number of rotatable bonds is 9. The van der Waals surface area contributed by atoms with Crippen molar-refractivity contribution in [2.45, 2.75) is 25.3 Å². The van der Waals surface area contributed by atoms with Gasteiger partial charge in [-0.25, -0.2) is 9.78 Å². The second-order valence-corrected chi connectivity index (χ2v) is 6.90. The first-order chi connectivity index (χ1) is 13.7. The van der Waals surface area contributed by atoms with E-state index in [-0.39, 0.29) is 12.0 Å². The third-order valence-corrected chi connectivity index (χ3v) is 4.91. The van der Waals surface area contributed by atoms with E-state index in [0.29, 0.717) is 6.42 Å². The van der Waals surface area contributed by atoms with Gasteiger partial charge in [0, 0.05) is 38.6 Å². The number of ether oxygens (including phenoxy) is 1. The molecule has 0 bridgehead atoms. The Morgan fingerprint density at radius 1 is 1.07 bits per heavy atom. The summed E-state index contributed by atoms with van der Waals surface area (Å²) in [6.45, 7) is 0.955. The van der Waals surface area contributed by atoms with Crippen molar-refractivity contribution in [3.8, 4) is 0 Å². The number of hydrogen-bond donors (Lipinski definition) is 0. The van der Waals surface area contributed by atoms with Crippen LogP contribution in [0, 0.1) is 0 Å². The third-order valence-electron chi connectivity index (χ3n) is 4.91. The van der Waals surface area contributed by atoms with Gasteiger partial charge >= 0.3 is 5.97 Å². The van der Waals surface area contributed by atoms with Crippen molar-refractivity contribution in [2.24, 2.45) is 0 Å². The van der Waals surface area contributed by atoms with E-state index in [1.807, 2.05) is 53.5 Å². The molecule has 0 radical (unpaired) electrons. The van der Waals surface area contributed by atoms with E-state index in [9.17, 15) is 4.79 Å². The molecule has 1 unspecified atom stereocenters. The Hall–Kier alpha value is -3.08. The summed E-state index contributed by atoms with van der Waals surface area (Å²) in [5.41, 5.74) is 2.42. The Labute approximate surface area is 166 Å². The number of benzene rings is 1. The number of aryl methyl sites for hydroxylation is 1. The molecule has 3 rings (SSSR count). The van der Waals surface area contributed by atoms with Crippen LogP contribution < -0.4 is 4.90 Å². The minimum atomic E-state index is -0.335. The number of anilines is 1. The number of carbonyl (C=O) groups excluding carboxylic acids is 1. The molecule has 0 saturated carbocycles. The lowest BCUT2D eigenvalue weighted by Crippen LogP contribution is -2.22. The van der Waals surface area contributed by atoms with Crippen molar-refractivity contribution in [1.82, 2.24) is 9.55 Å². The highest BCUT2D eigenvalue weighted by Crippen LogP contribution is 2.18. The van der Waals surface area contributed by atoms with E-state index < -0.39 is 0 Å². The molecule has 0 fully saturated rings. The summed E-state index contributed by atoms with van der Waals surface area (Å²) in [6, 6.07) is 18.0. The largest absolute Gasteiger partial charge is 0.467 e. The van der Waals surface area contributed by atoms with Gasteiger partial charge in [0.25, 0.3) is 0 Å². The van der Waals surface area contributed by atoms with Gasteiger partial charge in [0.2, 0.25) is 0 Å². The van der Waals surface area contributed by atoms with Crippen LogP contribution in [-0.4, -0.2) is 36.2 Å². The van der Waals surface area contributed by atoms with Crippen LogP contribution in [0.25, 0.3) is 0 Å². The molecule has 0 spiro atoms. The molecular weight excluding hydrogens is 350 g/mol. The maximum Gasteiger partial charge on any atom is 0.329 e. The fourth-order valence-electron chi connectivity index (χ4n) is 3.28. The summed E-state index contributed by atoms with van der Waals surface area (Å²) in [6.07, 6.45) is 8.29. The zero-order valence-electron chi connectivity index (χ0n) is 16.5. The number of nitrogens with zero attached hydrogens (tertiary/aromatic N) is 3. The van der Waals surface area contributed by atoms with Gasteiger partial charge in [0.1, 0.15) is 11.9 Å². The molecule has 0 N–H and O–H groups in total. The van der Waals surface area contributed by atoms with Gasteiger partial charge in [-0.2, -0.15) is 0 Å². The lowest BCUT2D eigenvalue weighted by molar-refractivity contribution is -0.144. The van der Waals surface area contributed by atoms with E-state index in [4.69, 9.17) is 4.74 Å². The Bertz CT molecular complexity index is 845. The normalized spacial score (nSPS) is 11.8. The molecule has 1 aromatic carbocycles. The van der Waals surface area contributed by atoms with Crippen LogP contribution >= 0.6 is 0 Å². The van der Waals surface area contributed by atoms with Gasteiger partial charge < -0.3 is 14.2 Å². The predicted octanol–water partition coefficient (Wildman–Crippen LogP) is 3.91. The lowest BCUT2D eigenvalue weighted by Gasteiger charge is -2.18. The SMILES string of the molecule is COC(=O)C(Cc1ccc(CCCN(C)c2ccccn2)cc1)n1cccc1. The molecule has 2 aromatic heterocycles. The van der Waals surface area contributed by atoms with Gasteiger partial charge in [0.15, 0.2) is 0 Å². The fraction of sp³-hybridized carbons (Fsp3) is 0.304. The highest BCUT2D eigenvalue weighted by Gasteiger charge is 2.20. The first-order valence-corrected chi connectivity index (χ1v) is 9.57. The minimum absolute atomic E-state index is 0.224. The number of hydrogen-bond acceptors (Lipinski definition) is 4. The molecule has 28 heavy (non-hydrogen) atoms. The molecule has 0 aliphatic rings. The van der Waals surface area contributed by atoms with Crippen LogP contribution in [0.3, 0.4) is 0 Å². The minimum Gasteiger partial charge on any atom is -0.467 e. The van der Waals surface area contributed by atoms with E-state index in [1.165, 1.54) is 12.7 Å². The van der Waals surface area contributed by atoms with Gasteiger partial charge in [-0.3, -0.25) is 0 Å². The number of methoxy groups -OCH3 is 1. The Morgan fingerprint density at radius 2 is 1.79 bits per heavy atom. The second-order valence-electron chi connectivity index (χ2n) is 6.90. The van der Waals surface area contributed by atoms with Crippen molar-refractivity contribution in [3.05, 3.63) is 84.3 Å². The van der Waals surface area contributed by atoms with Crippen LogP contribution in [-0.2, 0) is 22.4 Å². The van der Waals surface area contributed by atoms with Crippen molar-refractivity contribution >= 4 is 11.8 Å². The zero-order chi connectivity index (χ0) is 19.8. The van der Waals surface area contributed by atoms with E-state index >= 15 is 0 Å². The van der Waals surface area contributed by atoms with Crippen molar-refractivity contribution in [3.63, 3.8) is 0 Å². The highest BCUT2D eigenvalue weighted by molar-refractivity contribution is 5.74. The summed E-state index contributed by atoms with van der Waals surface area (Å²) in [4.78, 5) is 18.7. The maximum atomic E-state index is 12.2. The molecule has 5 nitrogen and oxygen atoms in total. The van der Waals surface area contributed by atoms with E-state index in [0.717, 1.165) is 30.8 Å². The van der Waals surface area contributed by atoms with Crippen molar-refractivity contribution in [1.29, 1.82) is 0 Å². The summed E-state index contributed by atoms with van der Waals surface area (Å²) < 4.78 is 6.87. The van der Waals surface area contributed by atoms with Crippen molar-refractivity contribution < 1.29 is 9.53 Å². The summed E-state index contributed by atoms with van der Waals surface area (Å²) in [5.74, 6) is 0.773. The molecule has 0 amide bonds. The smallest absolute Gasteiger partial charge is 0.329 e. The van der Waals surface area contributed by atoms with Crippen LogP contribution in [0.5, 0.6) is 0 Å². The van der Waals surface area contributed by atoms with Gasteiger partial charge in [-0.1, -0.05) is 30.3 Å². The maximum absolute atomic E-state index is 12.2. The molecule has 0 aliphatic heterocycles. The van der Waals surface area contributed by atoms with Gasteiger partial charge in [-0.05, 0) is 48.2 Å². The molecule has 1 atom stereocenters. The lowest BCUT2D eigenvalue weighted by atomic mass is 10.0. The Kier molecular flexibility index (Phi) is 6.84. The zero-order valence-corrected chi connectivity index (χ0v) is 16.5. The summed E-state index contributed by atoms with van der Waals surface area (Å²) in [7, 11) is 3.50. The summed E-state index contributed by atoms with van der Waals surface area (Å²) >= 11 is 0. The number of pyridine rings is 1. The Morgan fingerprint density at radius 3 is 2.43 bits per heavy atom. The van der Waals surface area contributed by atoms with Crippen LogP contribution in [0.2, 0.25) is 0 Å². The quantitative estimate of drug-likeness (QED) is 0.531. The predicted molar refractivity (Wildman–Crippen MR) is 111 cm³/mol. The van der Waals surface area contributed by atoms with E-state index in [1.54, 1.807) is 0 Å². The standard InChI is InChI=1S/C23H27N3O2/c1-25(22-9-3-4-14-24-22)15-7-8-19-10-12-20(13-11-19)18-21(23(27)28-2)26-16-5-6-17-26/h3-6,9-14,16-17,21H,7-8,15,18H2,1-2H3. The number of carbonyl (C=O) groups is 1. The number of aromatic nitrogens is 2. The fourth-order valence-corrected chi connectivity index (χ4v) is 3.28. The molecule has 0 saturated heterocycles.